The van der Waals surface area contributed by atoms with Gasteiger partial charge in [-0.25, -0.2) is 4.98 Å². The second-order valence-corrected chi connectivity index (χ2v) is 8.51. The van der Waals surface area contributed by atoms with Crippen molar-refractivity contribution in [3.05, 3.63) is 77.3 Å². The van der Waals surface area contributed by atoms with Crippen molar-refractivity contribution >= 4 is 15.9 Å². The maximum atomic E-state index is 5.59. The zero-order chi connectivity index (χ0) is 21.4. The summed E-state index contributed by atoms with van der Waals surface area (Å²) in [5, 5.41) is 0. The first-order chi connectivity index (χ1) is 15.2. The Hall–Kier alpha value is -3.05. The SMILES string of the molecule is COc1cc(Br)c(-c2nc(-c3ccccc3)c(-c3ccccc3)n2C2CC2)cc1OC. The van der Waals surface area contributed by atoms with Crippen LogP contribution >= 0.6 is 15.9 Å². The average molecular weight is 475 g/mol. The van der Waals surface area contributed by atoms with Gasteiger partial charge in [0.25, 0.3) is 0 Å². The van der Waals surface area contributed by atoms with Gasteiger partial charge in [0.15, 0.2) is 11.5 Å². The molecule has 0 N–H and O–H groups in total. The van der Waals surface area contributed by atoms with Gasteiger partial charge < -0.3 is 14.0 Å². The first-order valence-corrected chi connectivity index (χ1v) is 11.2. The summed E-state index contributed by atoms with van der Waals surface area (Å²) < 4.78 is 14.4. The van der Waals surface area contributed by atoms with Crippen LogP contribution < -0.4 is 9.47 Å². The second kappa shape index (κ2) is 8.23. The highest BCUT2D eigenvalue weighted by Gasteiger charge is 2.33. The molecule has 0 saturated heterocycles. The van der Waals surface area contributed by atoms with E-state index in [1.165, 1.54) is 5.56 Å². The monoisotopic (exact) mass is 474 g/mol. The number of aromatic nitrogens is 2. The molecule has 1 aromatic heterocycles. The summed E-state index contributed by atoms with van der Waals surface area (Å²) >= 11 is 3.75. The van der Waals surface area contributed by atoms with E-state index in [1.54, 1.807) is 14.2 Å². The Balaban J connectivity index is 1.81. The summed E-state index contributed by atoms with van der Waals surface area (Å²) in [6.07, 6.45) is 2.31. The molecule has 0 aliphatic heterocycles. The van der Waals surface area contributed by atoms with Crippen LogP contribution in [0, 0.1) is 0 Å². The summed E-state index contributed by atoms with van der Waals surface area (Å²) in [6, 6.07) is 25.3. The quantitative estimate of drug-likeness (QED) is 0.301. The van der Waals surface area contributed by atoms with Crippen molar-refractivity contribution in [1.82, 2.24) is 9.55 Å². The third-order valence-electron chi connectivity index (χ3n) is 5.63. The number of rotatable bonds is 6. The van der Waals surface area contributed by atoms with Crippen LogP contribution in [0.25, 0.3) is 33.9 Å². The fourth-order valence-corrected chi connectivity index (χ4v) is 4.51. The van der Waals surface area contributed by atoms with Gasteiger partial charge in [-0.1, -0.05) is 60.7 Å². The predicted octanol–water partition coefficient (Wildman–Crippen LogP) is 7.00. The minimum atomic E-state index is 0.440. The van der Waals surface area contributed by atoms with Crippen molar-refractivity contribution < 1.29 is 9.47 Å². The molecule has 0 bridgehead atoms. The Morgan fingerprint density at radius 2 is 1.42 bits per heavy atom. The fourth-order valence-electron chi connectivity index (χ4n) is 4.01. The summed E-state index contributed by atoms with van der Waals surface area (Å²) in [7, 11) is 3.31. The summed E-state index contributed by atoms with van der Waals surface area (Å²) in [4.78, 5) is 5.22. The van der Waals surface area contributed by atoms with Crippen LogP contribution in [0.1, 0.15) is 18.9 Å². The van der Waals surface area contributed by atoms with Gasteiger partial charge in [0.05, 0.1) is 25.6 Å². The number of ether oxygens (including phenoxy) is 2. The normalized spacial score (nSPS) is 13.3. The lowest BCUT2D eigenvalue weighted by Crippen LogP contribution is -2.01. The second-order valence-electron chi connectivity index (χ2n) is 7.65. The molecular weight excluding hydrogens is 452 g/mol. The predicted molar refractivity (Wildman–Crippen MR) is 128 cm³/mol. The molecule has 4 nitrogen and oxygen atoms in total. The van der Waals surface area contributed by atoms with Crippen LogP contribution in [0.4, 0.5) is 0 Å². The van der Waals surface area contributed by atoms with Gasteiger partial charge in [0.2, 0.25) is 0 Å². The van der Waals surface area contributed by atoms with E-state index in [2.05, 4.69) is 75.1 Å². The minimum absolute atomic E-state index is 0.440. The molecule has 1 aliphatic carbocycles. The molecule has 0 spiro atoms. The van der Waals surface area contributed by atoms with E-state index >= 15 is 0 Å². The number of hydrogen-bond donors (Lipinski definition) is 0. The van der Waals surface area contributed by atoms with Gasteiger partial charge >= 0.3 is 0 Å². The molecule has 31 heavy (non-hydrogen) atoms. The van der Waals surface area contributed by atoms with Crippen LogP contribution in [0.5, 0.6) is 11.5 Å². The number of imidazole rings is 1. The Morgan fingerprint density at radius 1 is 0.839 bits per heavy atom. The molecule has 0 radical (unpaired) electrons. The number of benzene rings is 3. The molecule has 1 aliphatic rings. The van der Waals surface area contributed by atoms with Gasteiger partial charge in [-0.2, -0.15) is 0 Å². The summed E-state index contributed by atoms with van der Waals surface area (Å²) in [6.45, 7) is 0. The fraction of sp³-hybridized carbons (Fsp3) is 0.192. The molecule has 0 unspecified atom stereocenters. The molecule has 156 valence electrons. The maximum Gasteiger partial charge on any atom is 0.161 e. The molecule has 1 fully saturated rings. The van der Waals surface area contributed by atoms with Crippen molar-refractivity contribution in [2.24, 2.45) is 0 Å². The van der Waals surface area contributed by atoms with Crippen molar-refractivity contribution in [3.8, 4) is 45.4 Å². The van der Waals surface area contributed by atoms with Crippen molar-refractivity contribution in [3.63, 3.8) is 0 Å². The summed E-state index contributed by atoms with van der Waals surface area (Å²) in [5.74, 6) is 2.32. The van der Waals surface area contributed by atoms with Gasteiger partial charge in [0, 0.05) is 27.2 Å². The lowest BCUT2D eigenvalue weighted by atomic mass is 10.0. The van der Waals surface area contributed by atoms with Crippen LogP contribution in [0.2, 0.25) is 0 Å². The maximum absolute atomic E-state index is 5.59. The van der Waals surface area contributed by atoms with Gasteiger partial charge in [-0.15, -0.1) is 0 Å². The number of hydrogen-bond acceptors (Lipinski definition) is 3. The van der Waals surface area contributed by atoms with E-state index in [-0.39, 0.29) is 0 Å². The number of nitrogens with zero attached hydrogens (tertiary/aromatic N) is 2. The Morgan fingerprint density at radius 3 is 2.00 bits per heavy atom. The molecule has 0 amide bonds. The van der Waals surface area contributed by atoms with E-state index in [1.807, 2.05) is 18.2 Å². The highest BCUT2D eigenvalue weighted by molar-refractivity contribution is 9.10. The van der Waals surface area contributed by atoms with Crippen LogP contribution in [-0.4, -0.2) is 23.8 Å². The van der Waals surface area contributed by atoms with E-state index in [0.29, 0.717) is 17.5 Å². The zero-order valence-corrected chi connectivity index (χ0v) is 19.1. The molecule has 4 aromatic rings. The molecular formula is C26H23BrN2O2. The first kappa shape index (κ1) is 19.9. The number of methoxy groups -OCH3 is 2. The van der Waals surface area contributed by atoms with E-state index in [4.69, 9.17) is 14.5 Å². The smallest absolute Gasteiger partial charge is 0.161 e. The van der Waals surface area contributed by atoms with E-state index < -0.39 is 0 Å². The highest BCUT2D eigenvalue weighted by Crippen LogP contribution is 2.48. The topological polar surface area (TPSA) is 36.3 Å². The molecule has 3 aromatic carbocycles. The Kier molecular flexibility index (Phi) is 5.28. The molecule has 1 heterocycles. The molecule has 0 atom stereocenters. The van der Waals surface area contributed by atoms with Crippen LogP contribution in [0.3, 0.4) is 0 Å². The van der Waals surface area contributed by atoms with Crippen molar-refractivity contribution in [1.29, 1.82) is 0 Å². The highest BCUT2D eigenvalue weighted by atomic mass is 79.9. The number of halogens is 1. The largest absolute Gasteiger partial charge is 0.493 e. The molecule has 5 rings (SSSR count). The third-order valence-corrected chi connectivity index (χ3v) is 6.29. The first-order valence-electron chi connectivity index (χ1n) is 10.4. The van der Waals surface area contributed by atoms with E-state index in [9.17, 15) is 0 Å². The lowest BCUT2D eigenvalue weighted by Gasteiger charge is -2.15. The standard InChI is InChI=1S/C26H23BrN2O2/c1-30-22-15-20(21(27)16-23(22)31-2)26-28-24(17-9-5-3-6-10-17)25(29(26)19-13-14-19)18-11-7-4-8-12-18/h3-12,15-16,19H,13-14H2,1-2H3. The van der Waals surface area contributed by atoms with Gasteiger partial charge in [-0.05, 0) is 40.9 Å². The van der Waals surface area contributed by atoms with Crippen LogP contribution in [-0.2, 0) is 0 Å². The zero-order valence-electron chi connectivity index (χ0n) is 17.5. The molecule has 5 heteroatoms. The molecule has 1 saturated carbocycles. The van der Waals surface area contributed by atoms with Gasteiger partial charge in [-0.3, -0.25) is 0 Å². The van der Waals surface area contributed by atoms with E-state index in [0.717, 1.165) is 45.7 Å². The van der Waals surface area contributed by atoms with Gasteiger partial charge in [0.1, 0.15) is 5.82 Å². The minimum Gasteiger partial charge on any atom is -0.493 e. The summed E-state index contributed by atoms with van der Waals surface area (Å²) in [5.41, 5.74) is 5.42. The third kappa shape index (κ3) is 3.63. The lowest BCUT2D eigenvalue weighted by molar-refractivity contribution is 0.355. The Bertz CT molecular complexity index is 1220. The average Bonchev–Trinajstić information content (AvgIpc) is 3.59. The van der Waals surface area contributed by atoms with Crippen molar-refractivity contribution in [2.75, 3.05) is 14.2 Å². The Labute approximate surface area is 190 Å². The van der Waals surface area contributed by atoms with Crippen LogP contribution in [0.15, 0.2) is 77.3 Å². The van der Waals surface area contributed by atoms with Crippen molar-refractivity contribution in [2.45, 2.75) is 18.9 Å².